The van der Waals surface area contributed by atoms with Gasteiger partial charge in [-0.25, -0.2) is 4.98 Å². The van der Waals surface area contributed by atoms with Gasteiger partial charge in [-0.15, -0.1) is 12.3 Å². The lowest BCUT2D eigenvalue weighted by Crippen LogP contribution is -2.38. The fourth-order valence-corrected chi connectivity index (χ4v) is 6.33. The summed E-state index contributed by atoms with van der Waals surface area (Å²) >= 11 is 0. The van der Waals surface area contributed by atoms with Crippen molar-refractivity contribution in [3.8, 4) is 11.1 Å². The van der Waals surface area contributed by atoms with Gasteiger partial charge in [-0.05, 0) is 94.2 Å². The first-order valence-corrected chi connectivity index (χ1v) is 16.0. The Balaban J connectivity index is 0.000000763. The van der Waals surface area contributed by atoms with Crippen LogP contribution in [0.1, 0.15) is 98.7 Å². The molecule has 2 aliphatic heterocycles. The molecule has 0 radical (unpaired) electrons. The second-order valence-electron chi connectivity index (χ2n) is 12.0. The van der Waals surface area contributed by atoms with Gasteiger partial charge in [0.15, 0.2) is 0 Å². The molecule has 3 heterocycles. The molecule has 42 heavy (non-hydrogen) atoms. The van der Waals surface area contributed by atoms with Gasteiger partial charge in [-0.2, -0.15) is 0 Å². The smallest absolute Gasteiger partial charge is 0.128 e. The van der Waals surface area contributed by atoms with Crippen molar-refractivity contribution in [2.75, 3.05) is 18.0 Å². The molecular formula is C39H51N3. The monoisotopic (exact) mass is 561 g/mol. The van der Waals surface area contributed by atoms with Gasteiger partial charge in [0.2, 0.25) is 0 Å². The van der Waals surface area contributed by atoms with Gasteiger partial charge >= 0.3 is 0 Å². The maximum absolute atomic E-state index is 5.32. The van der Waals surface area contributed by atoms with E-state index in [9.17, 15) is 0 Å². The van der Waals surface area contributed by atoms with Gasteiger partial charge < -0.3 is 9.80 Å². The van der Waals surface area contributed by atoms with Crippen LogP contribution in [0.3, 0.4) is 0 Å². The molecule has 1 aromatic heterocycles. The summed E-state index contributed by atoms with van der Waals surface area (Å²) in [5.41, 5.74) is 15.2. The highest BCUT2D eigenvalue weighted by Crippen LogP contribution is 2.44. The highest BCUT2D eigenvalue weighted by molar-refractivity contribution is 5.72. The van der Waals surface area contributed by atoms with E-state index in [1.54, 1.807) is 6.08 Å². The summed E-state index contributed by atoms with van der Waals surface area (Å²) in [4.78, 5) is 10.2. The SMILES string of the molecule is C=C=C1CC(c2cc(C)cc(C)c2)C(C)N1Cc1nc(N2CCC2)ccc1-c1cc(C2CC2)ccc1C.C=CC.CC. The summed E-state index contributed by atoms with van der Waals surface area (Å²) in [5.74, 6) is 2.29. The predicted octanol–water partition coefficient (Wildman–Crippen LogP) is 10.0. The van der Waals surface area contributed by atoms with E-state index in [0.717, 1.165) is 37.8 Å². The predicted molar refractivity (Wildman–Crippen MR) is 181 cm³/mol. The second kappa shape index (κ2) is 14.1. The fourth-order valence-electron chi connectivity index (χ4n) is 6.33. The van der Waals surface area contributed by atoms with Crippen LogP contribution in [0.15, 0.2) is 79.2 Å². The zero-order valence-electron chi connectivity index (χ0n) is 27.1. The second-order valence-corrected chi connectivity index (χ2v) is 12.0. The molecule has 0 spiro atoms. The minimum absolute atomic E-state index is 0.353. The Hall–Kier alpha value is -3.55. The maximum atomic E-state index is 5.32. The summed E-state index contributed by atoms with van der Waals surface area (Å²) < 4.78 is 0. The number of likely N-dealkylation sites (tertiary alicyclic amines) is 1. The molecule has 6 rings (SSSR count). The Morgan fingerprint density at radius 3 is 2.17 bits per heavy atom. The molecule has 2 saturated heterocycles. The first-order valence-electron chi connectivity index (χ1n) is 16.0. The summed E-state index contributed by atoms with van der Waals surface area (Å²) in [7, 11) is 0. The lowest BCUT2D eigenvalue weighted by molar-refractivity contribution is 0.286. The van der Waals surface area contributed by atoms with Gasteiger partial charge in [-0.3, -0.25) is 0 Å². The average molecular weight is 562 g/mol. The quantitative estimate of drug-likeness (QED) is 0.220. The number of allylic oxidation sites excluding steroid dienone is 2. The van der Waals surface area contributed by atoms with Crippen LogP contribution in [0.4, 0.5) is 5.82 Å². The number of benzene rings is 2. The van der Waals surface area contributed by atoms with E-state index in [0.29, 0.717) is 12.0 Å². The van der Waals surface area contributed by atoms with Crippen LogP contribution in [-0.4, -0.2) is 29.0 Å². The van der Waals surface area contributed by atoms with E-state index in [1.165, 1.54) is 69.6 Å². The minimum Gasteiger partial charge on any atom is -0.359 e. The van der Waals surface area contributed by atoms with Crippen LogP contribution in [0.2, 0.25) is 0 Å². The van der Waals surface area contributed by atoms with E-state index in [1.807, 2.05) is 20.8 Å². The molecular weight excluding hydrogens is 510 g/mol. The number of rotatable bonds is 6. The third kappa shape index (κ3) is 6.90. The topological polar surface area (TPSA) is 19.4 Å². The van der Waals surface area contributed by atoms with Crippen molar-refractivity contribution >= 4 is 5.82 Å². The molecule has 2 atom stereocenters. The molecule has 0 bridgehead atoms. The number of hydrogen-bond acceptors (Lipinski definition) is 3. The van der Waals surface area contributed by atoms with E-state index in [-0.39, 0.29) is 0 Å². The van der Waals surface area contributed by atoms with Crippen LogP contribution in [-0.2, 0) is 6.54 Å². The number of aryl methyl sites for hydroxylation is 3. The van der Waals surface area contributed by atoms with Crippen LogP contribution in [0, 0.1) is 20.8 Å². The Morgan fingerprint density at radius 1 is 0.929 bits per heavy atom. The number of nitrogens with zero attached hydrogens (tertiary/aromatic N) is 3. The Labute approximate surface area is 255 Å². The normalized spacial score (nSPS) is 19.2. The van der Waals surface area contributed by atoms with Crippen LogP contribution in [0.5, 0.6) is 0 Å². The van der Waals surface area contributed by atoms with Gasteiger partial charge in [0.1, 0.15) is 5.82 Å². The van der Waals surface area contributed by atoms with Crippen molar-refractivity contribution < 1.29 is 0 Å². The Morgan fingerprint density at radius 2 is 1.60 bits per heavy atom. The third-order valence-corrected chi connectivity index (χ3v) is 8.77. The highest BCUT2D eigenvalue weighted by atomic mass is 15.2. The van der Waals surface area contributed by atoms with Crippen LogP contribution in [0.25, 0.3) is 11.1 Å². The third-order valence-electron chi connectivity index (χ3n) is 8.77. The Bertz CT molecular complexity index is 1420. The molecule has 3 aliphatic rings. The van der Waals surface area contributed by atoms with Crippen molar-refractivity contribution in [1.82, 2.24) is 9.88 Å². The van der Waals surface area contributed by atoms with Crippen molar-refractivity contribution in [2.45, 2.75) is 98.6 Å². The van der Waals surface area contributed by atoms with E-state index in [4.69, 9.17) is 4.98 Å². The van der Waals surface area contributed by atoms with Crippen molar-refractivity contribution in [3.63, 3.8) is 0 Å². The van der Waals surface area contributed by atoms with E-state index in [2.05, 4.69) is 105 Å². The van der Waals surface area contributed by atoms with Crippen molar-refractivity contribution in [3.05, 3.63) is 113 Å². The number of pyridine rings is 1. The van der Waals surface area contributed by atoms with Gasteiger partial charge in [0, 0.05) is 37.0 Å². The van der Waals surface area contributed by atoms with Crippen LogP contribution >= 0.6 is 0 Å². The van der Waals surface area contributed by atoms with Gasteiger partial charge in [0.25, 0.3) is 0 Å². The molecule has 2 aromatic carbocycles. The zero-order chi connectivity index (χ0) is 30.4. The van der Waals surface area contributed by atoms with E-state index < -0.39 is 0 Å². The largest absolute Gasteiger partial charge is 0.359 e. The number of aromatic nitrogens is 1. The lowest BCUT2D eigenvalue weighted by Gasteiger charge is -2.33. The molecule has 2 unspecified atom stereocenters. The maximum Gasteiger partial charge on any atom is 0.128 e. The van der Waals surface area contributed by atoms with Crippen LogP contribution < -0.4 is 4.90 Å². The highest BCUT2D eigenvalue weighted by Gasteiger charge is 2.36. The molecule has 1 aliphatic carbocycles. The molecule has 0 N–H and O–H groups in total. The van der Waals surface area contributed by atoms with Crippen molar-refractivity contribution in [2.24, 2.45) is 0 Å². The molecule has 222 valence electrons. The standard InChI is InChI=1S/C34H39N3.C3H6.C2H6/c1-6-29-20-32(28-17-22(2)16-23(3)18-28)25(5)37(29)21-33-30(12-13-34(35-33)36-14-7-15-36)31-19-27(26-10-11-26)9-8-24(31)4;1-3-2;1-2/h8-9,12-13,16-19,25-26,32H,1,7,10-11,14-15,20-21H2,2-5H3;3H,1H2,2H3;1-2H3. The molecule has 3 nitrogen and oxygen atoms in total. The number of hydrogen-bond donors (Lipinski definition) is 0. The molecule has 0 amide bonds. The van der Waals surface area contributed by atoms with Crippen molar-refractivity contribution in [1.29, 1.82) is 0 Å². The summed E-state index contributed by atoms with van der Waals surface area (Å²) in [6.45, 7) is 25.4. The molecule has 3 fully saturated rings. The molecule has 3 aromatic rings. The molecule has 1 saturated carbocycles. The summed E-state index contributed by atoms with van der Waals surface area (Å²) in [6, 6.07) is 19.0. The summed E-state index contributed by atoms with van der Waals surface area (Å²) in [5, 5.41) is 0. The lowest BCUT2D eigenvalue weighted by atomic mass is 9.90. The zero-order valence-corrected chi connectivity index (χ0v) is 27.1. The average Bonchev–Trinajstić information content (AvgIpc) is 3.74. The minimum atomic E-state index is 0.353. The van der Waals surface area contributed by atoms with E-state index >= 15 is 0 Å². The van der Waals surface area contributed by atoms with Gasteiger partial charge in [0.05, 0.1) is 17.9 Å². The molecule has 3 heteroatoms. The summed E-state index contributed by atoms with van der Waals surface area (Å²) in [6.07, 6.45) is 6.62. The fraction of sp³-hybridized carbons (Fsp3) is 0.436. The first kappa shape index (κ1) is 31.4. The number of anilines is 1. The Kier molecular flexibility index (Phi) is 10.5. The first-order chi connectivity index (χ1) is 20.3. The van der Waals surface area contributed by atoms with Gasteiger partial charge in [-0.1, -0.05) is 74.0 Å².